The molecule has 0 aliphatic rings. The molecule has 0 aliphatic heterocycles. The highest BCUT2D eigenvalue weighted by Crippen LogP contribution is 2.17. The molecular weight excluding hydrogens is 426 g/mol. The van der Waals surface area contributed by atoms with Crippen LogP contribution in [0.4, 0.5) is 0 Å². The normalized spacial score (nSPS) is 13.0. The van der Waals surface area contributed by atoms with E-state index < -0.39 is 27.5 Å². The number of hydrogen-bond donors (Lipinski definition) is 1. The van der Waals surface area contributed by atoms with Crippen molar-refractivity contribution in [2.24, 2.45) is 0 Å². The molecule has 0 spiro atoms. The summed E-state index contributed by atoms with van der Waals surface area (Å²) in [4.78, 5) is 27.6. The zero-order valence-electron chi connectivity index (χ0n) is 19.6. The third-order valence-electron chi connectivity index (χ3n) is 4.95. The van der Waals surface area contributed by atoms with Crippen LogP contribution in [0.15, 0.2) is 59.5 Å². The molecule has 2 amide bonds. The molecule has 1 N–H and O–H groups in total. The number of amides is 2. The monoisotopic (exact) mass is 459 g/mol. The minimum Gasteiger partial charge on any atom is -0.350 e. The minimum absolute atomic E-state index is 0.117. The van der Waals surface area contributed by atoms with Crippen molar-refractivity contribution >= 4 is 21.8 Å². The lowest BCUT2D eigenvalue weighted by molar-refractivity contribution is -0.141. The first kappa shape index (κ1) is 25.5. The summed E-state index contributed by atoms with van der Waals surface area (Å²) in [6.07, 6.45) is 0. The lowest BCUT2D eigenvalue weighted by Crippen LogP contribution is -2.54. The van der Waals surface area contributed by atoms with Crippen LogP contribution in [0.1, 0.15) is 38.8 Å². The quantitative estimate of drug-likeness (QED) is 0.658. The van der Waals surface area contributed by atoms with Crippen LogP contribution < -0.4 is 5.32 Å². The number of aryl methyl sites for hydroxylation is 1. The van der Waals surface area contributed by atoms with Crippen LogP contribution in [0.2, 0.25) is 0 Å². The maximum absolute atomic E-state index is 13.2. The summed E-state index contributed by atoms with van der Waals surface area (Å²) in [6.45, 7) is 8.92. The lowest BCUT2D eigenvalue weighted by atomic mass is 10.1. The molecule has 0 aromatic heterocycles. The van der Waals surface area contributed by atoms with Crippen molar-refractivity contribution in [2.75, 3.05) is 13.6 Å². The van der Waals surface area contributed by atoms with Gasteiger partial charge in [-0.25, -0.2) is 8.42 Å². The summed E-state index contributed by atoms with van der Waals surface area (Å²) in [5, 5.41) is 2.89. The third kappa shape index (κ3) is 6.90. The molecule has 8 heteroatoms. The first-order valence-corrected chi connectivity index (χ1v) is 11.9. The molecule has 0 saturated heterocycles. The molecule has 0 radical (unpaired) electrons. The molecule has 7 nitrogen and oxygen atoms in total. The minimum atomic E-state index is -3.85. The average molecular weight is 460 g/mol. The first-order chi connectivity index (χ1) is 14.8. The predicted octanol–water partition coefficient (Wildman–Crippen LogP) is 2.95. The molecule has 2 rings (SSSR count). The maximum atomic E-state index is 13.2. The summed E-state index contributed by atoms with van der Waals surface area (Å²) in [6, 6.07) is 15.0. The van der Waals surface area contributed by atoms with E-state index in [1.165, 1.54) is 24.1 Å². The van der Waals surface area contributed by atoms with Crippen LogP contribution in [0.3, 0.4) is 0 Å². The first-order valence-electron chi connectivity index (χ1n) is 10.5. The van der Waals surface area contributed by atoms with Gasteiger partial charge in [-0.1, -0.05) is 48.0 Å². The van der Waals surface area contributed by atoms with Gasteiger partial charge in [0, 0.05) is 19.1 Å². The van der Waals surface area contributed by atoms with E-state index >= 15 is 0 Å². The fourth-order valence-electron chi connectivity index (χ4n) is 3.09. The standard InChI is InChI=1S/C24H33N3O4S/c1-18-12-14-21(15-13-18)32(30,31)26(6)17-22(28)27(16-20-10-8-7-9-11-20)19(2)23(29)25-24(3,4)5/h7-15,19H,16-17H2,1-6H3,(H,25,29)/t19-/m0/s1. The Morgan fingerprint density at radius 1 is 1.00 bits per heavy atom. The second kappa shape index (κ2) is 10.3. The van der Waals surface area contributed by atoms with E-state index in [0.717, 1.165) is 15.4 Å². The average Bonchev–Trinajstić information content (AvgIpc) is 2.71. The molecule has 0 bridgehead atoms. The van der Waals surface area contributed by atoms with Crippen LogP contribution in [-0.4, -0.2) is 54.6 Å². The number of nitrogens with one attached hydrogen (secondary N) is 1. The van der Waals surface area contributed by atoms with Crippen LogP contribution in [0, 0.1) is 6.92 Å². The highest BCUT2D eigenvalue weighted by molar-refractivity contribution is 7.89. The van der Waals surface area contributed by atoms with Crippen molar-refractivity contribution in [1.82, 2.24) is 14.5 Å². The molecule has 2 aromatic rings. The number of sulfonamides is 1. The van der Waals surface area contributed by atoms with Crippen molar-refractivity contribution in [1.29, 1.82) is 0 Å². The van der Waals surface area contributed by atoms with Crippen LogP contribution in [0.25, 0.3) is 0 Å². The Morgan fingerprint density at radius 3 is 2.09 bits per heavy atom. The lowest BCUT2D eigenvalue weighted by Gasteiger charge is -2.32. The van der Waals surface area contributed by atoms with Gasteiger partial charge < -0.3 is 10.2 Å². The van der Waals surface area contributed by atoms with Gasteiger partial charge in [0.15, 0.2) is 0 Å². The van der Waals surface area contributed by atoms with Gasteiger partial charge >= 0.3 is 0 Å². The van der Waals surface area contributed by atoms with Crippen LogP contribution in [-0.2, 0) is 26.2 Å². The van der Waals surface area contributed by atoms with Gasteiger partial charge in [-0.15, -0.1) is 0 Å². The van der Waals surface area contributed by atoms with Crippen molar-refractivity contribution in [2.45, 2.75) is 57.6 Å². The third-order valence-corrected chi connectivity index (χ3v) is 6.77. The van der Waals surface area contributed by atoms with Gasteiger partial charge in [0.1, 0.15) is 6.04 Å². The molecule has 0 fully saturated rings. The van der Waals surface area contributed by atoms with E-state index in [4.69, 9.17) is 0 Å². The van der Waals surface area contributed by atoms with Gasteiger partial charge in [-0.3, -0.25) is 9.59 Å². The van der Waals surface area contributed by atoms with E-state index in [1.807, 2.05) is 58.0 Å². The van der Waals surface area contributed by atoms with Gasteiger partial charge in [0.25, 0.3) is 0 Å². The van der Waals surface area contributed by atoms with Gasteiger partial charge in [0.2, 0.25) is 21.8 Å². The zero-order chi connectivity index (χ0) is 24.1. The number of nitrogens with zero attached hydrogens (tertiary/aromatic N) is 2. The summed E-state index contributed by atoms with van der Waals surface area (Å²) >= 11 is 0. The summed E-state index contributed by atoms with van der Waals surface area (Å²) in [5.74, 6) is -0.755. The number of carbonyl (C=O) groups is 2. The molecule has 0 unspecified atom stereocenters. The molecule has 1 atom stereocenters. The van der Waals surface area contributed by atoms with E-state index in [1.54, 1.807) is 19.1 Å². The van der Waals surface area contributed by atoms with Crippen LogP contribution >= 0.6 is 0 Å². The Kier molecular flexibility index (Phi) is 8.20. The van der Waals surface area contributed by atoms with Crippen molar-refractivity contribution in [3.05, 3.63) is 65.7 Å². The Hall–Kier alpha value is -2.71. The SMILES string of the molecule is Cc1ccc(S(=O)(=O)N(C)CC(=O)N(Cc2ccccc2)[C@@H](C)C(=O)NC(C)(C)C)cc1. The largest absolute Gasteiger partial charge is 0.350 e. The van der Waals surface area contributed by atoms with Gasteiger partial charge in [0.05, 0.1) is 11.4 Å². The second-order valence-corrected chi connectivity index (χ2v) is 11.0. The fraction of sp³-hybridized carbons (Fsp3) is 0.417. The summed E-state index contributed by atoms with van der Waals surface area (Å²) < 4.78 is 26.9. The van der Waals surface area contributed by atoms with Gasteiger partial charge in [-0.2, -0.15) is 4.31 Å². The Morgan fingerprint density at radius 2 is 1.56 bits per heavy atom. The predicted molar refractivity (Wildman–Crippen MR) is 125 cm³/mol. The highest BCUT2D eigenvalue weighted by Gasteiger charge is 2.31. The van der Waals surface area contributed by atoms with E-state index in [-0.39, 0.29) is 23.9 Å². The number of likely N-dealkylation sites (N-methyl/N-ethyl adjacent to an activating group) is 1. The summed E-state index contributed by atoms with van der Waals surface area (Å²) in [5.41, 5.74) is 1.33. The zero-order valence-corrected chi connectivity index (χ0v) is 20.4. The molecule has 0 aliphatic carbocycles. The molecule has 0 heterocycles. The fourth-order valence-corrected chi connectivity index (χ4v) is 4.21. The van der Waals surface area contributed by atoms with Crippen LogP contribution in [0.5, 0.6) is 0 Å². The topological polar surface area (TPSA) is 86.8 Å². The maximum Gasteiger partial charge on any atom is 0.243 e. The number of rotatable bonds is 8. The highest BCUT2D eigenvalue weighted by atomic mass is 32.2. The molecule has 2 aromatic carbocycles. The smallest absolute Gasteiger partial charge is 0.243 e. The van der Waals surface area contributed by atoms with E-state index in [2.05, 4.69) is 5.32 Å². The van der Waals surface area contributed by atoms with Crippen molar-refractivity contribution < 1.29 is 18.0 Å². The number of carbonyl (C=O) groups excluding carboxylic acids is 2. The Bertz CT molecular complexity index is 1030. The van der Waals surface area contributed by atoms with E-state index in [0.29, 0.717) is 0 Å². The number of benzene rings is 2. The van der Waals surface area contributed by atoms with E-state index in [9.17, 15) is 18.0 Å². The second-order valence-electron chi connectivity index (χ2n) is 9.00. The molecule has 32 heavy (non-hydrogen) atoms. The number of hydrogen-bond acceptors (Lipinski definition) is 4. The van der Waals surface area contributed by atoms with Gasteiger partial charge in [-0.05, 0) is 52.3 Å². The molecule has 0 saturated carbocycles. The van der Waals surface area contributed by atoms with Crippen molar-refractivity contribution in [3.8, 4) is 0 Å². The Balaban J connectivity index is 2.26. The molecular formula is C24H33N3O4S. The summed E-state index contributed by atoms with van der Waals surface area (Å²) in [7, 11) is -2.48. The Labute approximate surface area is 191 Å². The molecule has 174 valence electrons. The van der Waals surface area contributed by atoms with Crippen molar-refractivity contribution in [3.63, 3.8) is 0 Å².